The van der Waals surface area contributed by atoms with E-state index < -0.39 is 0 Å². The number of fused-ring (bicyclic) bond motifs is 3. The van der Waals surface area contributed by atoms with Crippen LogP contribution in [0, 0.1) is 0 Å². The van der Waals surface area contributed by atoms with Gasteiger partial charge >= 0.3 is 0 Å². The predicted molar refractivity (Wildman–Crippen MR) is 134 cm³/mol. The molecular weight excluding hydrogens is 468 g/mol. The van der Waals surface area contributed by atoms with Crippen molar-refractivity contribution in [2.75, 3.05) is 25.1 Å². The summed E-state index contributed by atoms with van der Waals surface area (Å²) in [5, 5.41) is 12.9. The van der Waals surface area contributed by atoms with Crippen LogP contribution in [-0.2, 0) is 13.0 Å². The molecule has 5 rings (SSSR count). The number of rotatable bonds is 7. The van der Waals surface area contributed by atoms with E-state index in [0.29, 0.717) is 53.7 Å². The number of benzene rings is 2. The maximum absolute atomic E-state index is 13.7. The van der Waals surface area contributed by atoms with Crippen LogP contribution in [0.25, 0.3) is 0 Å². The Bertz CT molecular complexity index is 1320. The number of imidazole rings is 1. The Morgan fingerprint density at radius 1 is 1.23 bits per heavy atom. The van der Waals surface area contributed by atoms with E-state index in [0.717, 1.165) is 12.0 Å². The number of anilines is 1. The van der Waals surface area contributed by atoms with E-state index in [1.165, 1.54) is 11.8 Å². The normalized spacial score (nSPS) is 17.1. The molecule has 0 saturated carbocycles. The number of ether oxygens (including phenoxy) is 1. The second kappa shape index (κ2) is 9.42. The van der Waals surface area contributed by atoms with Crippen molar-refractivity contribution in [1.29, 1.82) is 0 Å². The van der Waals surface area contributed by atoms with Crippen molar-refractivity contribution in [3.05, 3.63) is 76.2 Å². The Kier molecular flexibility index (Phi) is 6.17. The monoisotopic (exact) mass is 492 g/mol. The standard InChI is InChI=1S/C25H25ClN6O3/c1-3-30-24(33)22-23(32-15-18(28-25(30)32)11-16-7-5-4-6-8-16)29-21(13-27-34)31(22)14-17-9-10-20(35-2)19(26)12-17/h4-10,12-13,18,34H,3,11,14-15H2,1-2H3/b27-13+/t18-/m1/s1. The van der Waals surface area contributed by atoms with E-state index in [2.05, 4.69) is 22.3 Å². The highest BCUT2D eigenvalue weighted by Crippen LogP contribution is 2.34. The van der Waals surface area contributed by atoms with Gasteiger partial charge in [0.25, 0.3) is 5.91 Å². The van der Waals surface area contributed by atoms with Gasteiger partial charge in [0, 0.05) is 6.54 Å². The third-order valence-electron chi connectivity index (χ3n) is 6.22. The SMILES string of the molecule is CCN1C(=O)c2c(nc(/C=N/O)n2Cc2ccc(OC)c(Cl)c2)N2C[C@@H](Cc3ccccc3)N=C12. The van der Waals surface area contributed by atoms with Gasteiger partial charge in [0.1, 0.15) is 12.0 Å². The minimum Gasteiger partial charge on any atom is -0.495 e. The molecule has 1 N–H and O–H groups in total. The highest BCUT2D eigenvalue weighted by Gasteiger charge is 2.43. The van der Waals surface area contributed by atoms with Gasteiger partial charge in [0.05, 0.1) is 31.3 Å². The molecule has 0 bridgehead atoms. The number of aromatic nitrogens is 2. The van der Waals surface area contributed by atoms with Gasteiger partial charge < -0.3 is 14.5 Å². The molecular formula is C25H25ClN6O3. The van der Waals surface area contributed by atoms with Crippen LogP contribution < -0.4 is 9.64 Å². The zero-order chi connectivity index (χ0) is 24.5. The number of amides is 1. The summed E-state index contributed by atoms with van der Waals surface area (Å²) in [4.78, 5) is 26.9. The number of nitrogens with zero attached hydrogens (tertiary/aromatic N) is 6. The molecule has 2 aliphatic rings. The Morgan fingerprint density at radius 3 is 2.71 bits per heavy atom. The summed E-state index contributed by atoms with van der Waals surface area (Å²) in [6, 6.07) is 15.6. The summed E-state index contributed by atoms with van der Waals surface area (Å²) >= 11 is 6.33. The van der Waals surface area contributed by atoms with Crippen molar-refractivity contribution in [2.24, 2.45) is 10.1 Å². The molecule has 0 spiro atoms. The lowest BCUT2D eigenvalue weighted by atomic mass is 10.1. The minimum absolute atomic E-state index is 0.0132. The maximum atomic E-state index is 13.7. The largest absolute Gasteiger partial charge is 0.495 e. The molecule has 3 aromatic rings. The minimum atomic E-state index is -0.192. The van der Waals surface area contributed by atoms with Crippen molar-refractivity contribution in [3.63, 3.8) is 0 Å². The summed E-state index contributed by atoms with van der Waals surface area (Å²) in [6.07, 6.45) is 2.00. The van der Waals surface area contributed by atoms with Gasteiger partial charge in [-0.25, -0.2) is 9.98 Å². The van der Waals surface area contributed by atoms with Crippen LogP contribution in [0.4, 0.5) is 5.82 Å². The van der Waals surface area contributed by atoms with Gasteiger partial charge in [0.2, 0.25) is 5.96 Å². The van der Waals surface area contributed by atoms with Gasteiger partial charge in [-0.1, -0.05) is 53.2 Å². The fourth-order valence-electron chi connectivity index (χ4n) is 4.62. The van der Waals surface area contributed by atoms with Gasteiger partial charge in [0.15, 0.2) is 17.3 Å². The fourth-order valence-corrected chi connectivity index (χ4v) is 4.90. The molecule has 0 radical (unpaired) electrons. The molecule has 2 aliphatic heterocycles. The van der Waals surface area contributed by atoms with Crippen molar-refractivity contribution in [2.45, 2.75) is 25.9 Å². The molecule has 1 amide bonds. The first-order valence-corrected chi connectivity index (χ1v) is 11.7. The molecule has 1 aromatic heterocycles. The lowest BCUT2D eigenvalue weighted by Gasteiger charge is -2.33. The summed E-state index contributed by atoms with van der Waals surface area (Å²) in [7, 11) is 1.56. The van der Waals surface area contributed by atoms with Crippen LogP contribution in [0.15, 0.2) is 58.7 Å². The van der Waals surface area contributed by atoms with E-state index in [4.69, 9.17) is 21.3 Å². The third kappa shape index (κ3) is 4.12. The van der Waals surface area contributed by atoms with E-state index >= 15 is 0 Å². The van der Waals surface area contributed by atoms with Gasteiger partial charge in [-0.15, -0.1) is 0 Å². The number of methoxy groups -OCH3 is 1. The predicted octanol–water partition coefficient (Wildman–Crippen LogP) is 3.66. The lowest BCUT2D eigenvalue weighted by molar-refractivity contribution is 0.0836. The number of carbonyl (C=O) groups excluding carboxylic acids is 1. The number of carbonyl (C=O) groups is 1. The Labute approximate surface area is 207 Å². The molecule has 1 atom stereocenters. The van der Waals surface area contributed by atoms with Crippen molar-refractivity contribution >= 4 is 35.5 Å². The van der Waals surface area contributed by atoms with Crippen molar-refractivity contribution in [3.8, 4) is 5.75 Å². The molecule has 10 heteroatoms. The topological polar surface area (TPSA) is 95.5 Å². The van der Waals surface area contributed by atoms with Gasteiger partial charge in [-0.05, 0) is 36.6 Å². The van der Waals surface area contributed by atoms with Crippen LogP contribution in [0.3, 0.4) is 0 Å². The molecule has 2 aromatic carbocycles. The smallest absolute Gasteiger partial charge is 0.281 e. The van der Waals surface area contributed by atoms with Crippen LogP contribution in [0.1, 0.15) is 34.4 Å². The first kappa shape index (κ1) is 22.9. The molecule has 35 heavy (non-hydrogen) atoms. The lowest BCUT2D eigenvalue weighted by Crippen LogP contribution is -2.50. The summed E-state index contributed by atoms with van der Waals surface area (Å²) in [6.45, 7) is 3.30. The second-order valence-electron chi connectivity index (χ2n) is 8.37. The molecule has 9 nitrogen and oxygen atoms in total. The van der Waals surface area contributed by atoms with Crippen LogP contribution in [0.2, 0.25) is 5.02 Å². The molecule has 0 fully saturated rings. The quantitative estimate of drug-likeness (QED) is 0.308. The highest BCUT2D eigenvalue weighted by atomic mass is 35.5. The van der Waals surface area contributed by atoms with Crippen LogP contribution >= 0.6 is 11.6 Å². The van der Waals surface area contributed by atoms with Crippen LogP contribution in [-0.4, -0.2) is 64.0 Å². The summed E-state index contributed by atoms with van der Waals surface area (Å²) in [5.41, 5.74) is 2.46. The van der Waals surface area contributed by atoms with E-state index in [9.17, 15) is 10.0 Å². The number of hydrogen-bond donors (Lipinski definition) is 1. The van der Waals surface area contributed by atoms with E-state index in [-0.39, 0.29) is 11.9 Å². The van der Waals surface area contributed by atoms with Crippen molar-refractivity contribution < 1.29 is 14.7 Å². The summed E-state index contributed by atoms with van der Waals surface area (Å²) < 4.78 is 7.00. The zero-order valence-corrected chi connectivity index (χ0v) is 20.2. The number of hydrogen-bond acceptors (Lipinski definition) is 7. The molecule has 3 heterocycles. The number of guanidine groups is 1. The Balaban J connectivity index is 1.54. The number of halogens is 1. The first-order valence-electron chi connectivity index (χ1n) is 11.4. The van der Waals surface area contributed by atoms with E-state index in [1.807, 2.05) is 36.1 Å². The average molecular weight is 493 g/mol. The van der Waals surface area contributed by atoms with Crippen molar-refractivity contribution in [1.82, 2.24) is 14.5 Å². The van der Waals surface area contributed by atoms with Gasteiger partial charge in [-0.3, -0.25) is 14.6 Å². The fraction of sp³-hybridized carbons (Fsp3) is 0.280. The van der Waals surface area contributed by atoms with E-state index in [1.54, 1.807) is 28.7 Å². The summed E-state index contributed by atoms with van der Waals surface area (Å²) in [5.74, 6) is 1.86. The Morgan fingerprint density at radius 2 is 2.03 bits per heavy atom. The highest BCUT2D eigenvalue weighted by molar-refractivity contribution is 6.32. The third-order valence-corrected chi connectivity index (χ3v) is 6.51. The zero-order valence-electron chi connectivity index (χ0n) is 19.4. The average Bonchev–Trinajstić information content (AvgIpc) is 3.42. The maximum Gasteiger partial charge on any atom is 0.281 e. The van der Waals surface area contributed by atoms with Gasteiger partial charge in [-0.2, -0.15) is 0 Å². The molecule has 180 valence electrons. The number of aliphatic imine (C=N–C) groups is 1. The molecule has 0 aliphatic carbocycles. The number of oxime groups is 1. The molecule has 0 saturated heterocycles. The first-order chi connectivity index (χ1) is 17.0. The second-order valence-corrected chi connectivity index (χ2v) is 8.78. The molecule has 0 unspecified atom stereocenters. The van der Waals surface area contributed by atoms with Crippen LogP contribution in [0.5, 0.6) is 5.75 Å². The Hall–Kier alpha value is -3.85.